The normalized spacial score (nSPS) is 12.4. The predicted octanol–water partition coefficient (Wildman–Crippen LogP) is 2.03. The number of nitrogens with one attached hydrogen (secondary N) is 1. The van der Waals surface area contributed by atoms with E-state index in [1.54, 1.807) is 19.5 Å². The number of imidazole rings is 1. The molecule has 0 spiro atoms. The van der Waals surface area contributed by atoms with E-state index in [0.29, 0.717) is 0 Å². The minimum atomic E-state index is -0.221. The maximum absolute atomic E-state index is 6.14. The number of nitrogens with two attached hydrogens (primary N) is 1. The van der Waals surface area contributed by atoms with Crippen LogP contribution >= 0.6 is 0 Å². The SMILES string of the molecule is CCc1cc(C(N)c2ncc[nH]2)ccc1OC. The van der Waals surface area contributed by atoms with Crippen LogP contribution in [0.2, 0.25) is 0 Å². The van der Waals surface area contributed by atoms with Crippen molar-refractivity contribution in [2.75, 3.05) is 7.11 Å². The molecule has 4 heteroatoms. The number of rotatable bonds is 4. The van der Waals surface area contributed by atoms with Gasteiger partial charge in [0.1, 0.15) is 11.6 Å². The highest BCUT2D eigenvalue weighted by molar-refractivity contribution is 5.39. The van der Waals surface area contributed by atoms with E-state index in [1.165, 1.54) is 0 Å². The fourth-order valence-electron chi connectivity index (χ4n) is 1.87. The molecule has 90 valence electrons. The lowest BCUT2D eigenvalue weighted by molar-refractivity contribution is 0.410. The molecular formula is C13H17N3O. The largest absolute Gasteiger partial charge is 0.496 e. The van der Waals surface area contributed by atoms with Crippen LogP contribution in [0.4, 0.5) is 0 Å². The minimum absolute atomic E-state index is 0.221. The average Bonchev–Trinajstić information content (AvgIpc) is 2.90. The zero-order valence-electron chi connectivity index (χ0n) is 10.1. The van der Waals surface area contributed by atoms with Crippen LogP contribution in [-0.4, -0.2) is 17.1 Å². The molecule has 1 atom stereocenters. The molecule has 0 saturated heterocycles. The molecule has 1 aromatic carbocycles. The highest BCUT2D eigenvalue weighted by atomic mass is 16.5. The standard InChI is InChI=1S/C13H17N3O/c1-3-9-8-10(4-5-11(9)17-2)12(14)13-15-6-7-16-13/h4-8,12H,3,14H2,1-2H3,(H,15,16). The number of benzene rings is 1. The van der Waals surface area contributed by atoms with Crippen LogP contribution in [-0.2, 0) is 6.42 Å². The van der Waals surface area contributed by atoms with E-state index in [1.807, 2.05) is 12.1 Å². The van der Waals surface area contributed by atoms with Gasteiger partial charge in [0.15, 0.2) is 0 Å². The van der Waals surface area contributed by atoms with Gasteiger partial charge in [-0.15, -0.1) is 0 Å². The molecule has 0 radical (unpaired) electrons. The molecule has 0 aliphatic rings. The van der Waals surface area contributed by atoms with Gasteiger partial charge in [0.25, 0.3) is 0 Å². The molecule has 0 saturated carbocycles. The zero-order chi connectivity index (χ0) is 12.3. The predicted molar refractivity (Wildman–Crippen MR) is 67.0 cm³/mol. The second kappa shape index (κ2) is 5.01. The van der Waals surface area contributed by atoms with Crippen molar-refractivity contribution < 1.29 is 4.74 Å². The molecule has 17 heavy (non-hydrogen) atoms. The van der Waals surface area contributed by atoms with Crippen molar-refractivity contribution in [1.82, 2.24) is 9.97 Å². The lowest BCUT2D eigenvalue weighted by Crippen LogP contribution is -2.13. The minimum Gasteiger partial charge on any atom is -0.496 e. The van der Waals surface area contributed by atoms with Crippen LogP contribution in [0.15, 0.2) is 30.6 Å². The van der Waals surface area contributed by atoms with Crippen molar-refractivity contribution in [3.05, 3.63) is 47.5 Å². The number of hydrogen-bond donors (Lipinski definition) is 2. The summed E-state index contributed by atoms with van der Waals surface area (Å²) < 4.78 is 5.30. The Labute approximate surface area is 101 Å². The van der Waals surface area contributed by atoms with E-state index in [-0.39, 0.29) is 6.04 Å². The number of aromatic amines is 1. The third kappa shape index (κ3) is 2.31. The zero-order valence-corrected chi connectivity index (χ0v) is 10.1. The van der Waals surface area contributed by atoms with Crippen molar-refractivity contribution in [1.29, 1.82) is 0 Å². The average molecular weight is 231 g/mol. The summed E-state index contributed by atoms with van der Waals surface area (Å²) in [5.74, 6) is 1.68. The van der Waals surface area contributed by atoms with Crippen molar-refractivity contribution >= 4 is 0 Å². The molecule has 2 aromatic rings. The van der Waals surface area contributed by atoms with Gasteiger partial charge >= 0.3 is 0 Å². The molecule has 4 nitrogen and oxygen atoms in total. The van der Waals surface area contributed by atoms with E-state index in [4.69, 9.17) is 10.5 Å². The molecule has 3 N–H and O–H groups in total. The number of ether oxygens (including phenoxy) is 1. The Bertz CT molecular complexity index is 479. The Morgan fingerprint density at radius 3 is 2.88 bits per heavy atom. The van der Waals surface area contributed by atoms with Gasteiger partial charge < -0.3 is 15.5 Å². The van der Waals surface area contributed by atoms with Gasteiger partial charge in [0, 0.05) is 12.4 Å². The Hall–Kier alpha value is -1.81. The topological polar surface area (TPSA) is 63.9 Å². The van der Waals surface area contributed by atoms with Crippen LogP contribution in [0.5, 0.6) is 5.75 Å². The quantitative estimate of drug-likeness (QED) is 0.846. The molecule has 0 bridgehead atoms. The Morgan fingerprint density at radius 2 is 2.29 bits per heavy atom. The first-order valence-electron chi connectivity index (χ1n) is 5.68. The Balaban J connectivity index is 2.33. The number of methoxy groups -OCH3 is 1. The van der Waals surface area contributed by atoms with Gasteiger partial charge in [-0.1, -0.05) is 19.1 Å². The molecular weight excluding hydrogens is 214 g/mol. The van der Waals surface area contributed by atoms with Crippen molar-refractivity contribution in [2.24, 2.45) is 5.73 Å². The summed E-state index contributed by atoms with van der Waals surface area (Å²) in [7, 11) is 1.68. The summed E-state index contributed by atoms with van der Waals surface area (Å²) in [6.07, 6.45) is 4.40. The van der Waals surface area contributed by atoms with E-state index in [0.717, 1.165) is 29.1 Å². The first-order valence-corrected chi connectivity index (χ1v) is 5.68. The van der Waals surface area contributed by atoms with Gasteiger partial charge in [-0.2, -0.15) is 0 Å². The van der Waals surface area contributed by atoms with Crippen LogP contribution in [0.25, 0.3) is 0 Å². The second-order valence-electron chi connectivity index (χ2n) is 3.88. The molecule has 2 rings (SSSR count). The fourth-order valence-corrected chi connectivity index (χ4v) is 1.87. The number of nitrogens with zero attached hydrogens (tertiary/aromatic N) is 1. The summed E-state index contributed by atoms with van der Waals surface area (Å²) in [5, 5.41) is 0. The molecule has 0 aliphatic carbocycles. The molecule has 1 aromatic heterocycles. The third-order valence-electron chi connectivity index (χ3n) is 2.86. The van der Waals surface area contributed by atoms with E-state index >= 15 is 0 Å². The summed E-state index contributed by atoms with van der Waals surface area (Å²) in [6.45, 7) is 2.10. The Kier molecular flexibility index (Phi) is 3.44. The first-order chi connectivity index (χ1) is 8.26. The summed E-state index contributed by atoms with van der Waals surface area (Å²) in [6, 6.07) is 5.79. The van der Waals surface area contributed by atoms with Gasteiger partial charge in [-0.25, -0.2) is 4.98 Å². The van der Waals surface area contributed by atoms with E-state index in [2.05, 4.69) is 23.0 Å². The summed E-state index contributed by atoms with van der Waals surface area (Å²) in [5.41, 5.74) is 8.34. The lowest BCUT2D eigenvalue weighted by Gasteiger charge is -2.13. The molecule has 0 fully saturated rings. The maximum atomic E-state index is 6.14. The molecule has 1 heterocycles. The summed E-state index contributed by atoms with van der Waals surface area (Å²) >= 11 is 0. The van der Waals surface area contributed by atoms with Crippen LogP contribution < -0.4 is 10.5 Å². The van der Waals surface area contributed by atoms with Crippen LogP contribution in [0, 0.1) is 0 Å². The lowest BCUT2D eigenvalue weighted by atomic mass is 10.0. The van der Waals surface area contributed by atoms with Crippen molar-refractivity contribution in [2.45, 2.75) is 19.4 Å². The molecule has 0 aliphatic heterocycles. The monoisotopic (exact) mass is 231 g/mol. The van der Waals surface area contributed by atoms with Gasteiger partial charge in [-0.3, -0.25) is 0 Å². The number of aromatic nitrogens is 2. The van der Waals surface area contributed by atoms with E-state index < -0.39 is 0 Å². The first kappa shape index (κ1) is 11.7. The smallest absolute Gasteiger partial charge is 0.127 e. The highest BCUT2D eigenvalue weighted by Gasteiger charge is 2.12. The third-order valence-corrected chi connectivity index (χ3v) is 2.86. The maximum Gasteiger partial charge on any atom is 0.127 e. The number of hydrogen-bond acceptors (Lipinski definition) is 3. The van der Waals surface area contributed by atoms with Crippen LogP contribution in [0.1, 0.15) is 29.9 Å². The van der Waals surface area contributed by atoms with Crippen LogP contribution in [0.3, 0.4) is 0 Å². The fraction of sp³-hybridized carbons (Fsp3) is 0.308. The highest BCUT2D eigenvalue weighted by Crippen LogP contribution is 2.24. The van der Waals surface area contributed by atoms with Gasteiger partial charge in [-0.05, 0) is 23.6 Å². The number of aryl methyl sites for hydroxylation is 1. The van der Waals surface area contributed by atoms with E-state index in [9.17, 15) is 0 Å². The Morgan fingerprint density at radius 1 is 1.47 bits per heavy atom. The summed E-state index contributed by atoms with van der Waals surface area (Å²) in [4.78, 5) is 7.21. The van der Waals surface area contributed by atoms with Crippen molar-refractivity contribution in [3.8, 4) is 5.75 Å². The molecule has 1 unspecified atom stereocenters. The van der Waals surface area contributed by atoms with Gasteiger partial charge in [0.05, 0.1) is 13.2 Å². The van der Waals surface area contributed by atoms with Crippen molar-refractivity contribution in [3.63, 3.8) is 0 Å². The number of H-pyrrole nitrogens is 1. The van der Waals surface area contributed by atoms with Gasteiger partial charge in [0.2, 0.25) is 0 Å². The second-order valence-corrected chi connectivity index (χ2v) is 3.88. The molecule has 0 amide bonds.